The van der Waals surface area contributed by atoms with Gasteiger partial charge in [-0.25, -0.2) is 14.6 Å². The topological polar surface area (TPSA) is 127 Å². The van der Waals surface area contributed by atoms with E-state index >= 15 is 0 Å². The molecule has 0 saturated heterocycles. The number of hydrogen-bond donors (Lipinski definition) is 3. The molecule has 0 aliphatic rings. The maximum absolute atomic E-state index is 12.4. The Labute approximate surface area is 161 Å². The van der Waals surface area contributed by atoms with Crippen molar-refractivity contribution in [1.82, 2.24) is 4.98 Å². The summed E-state index contributed by atoms with van der Waals surface area (Å²) in [5.41, 5.74) is 0.123. The Morgan fingerprint density at radius 1 is 1.07 bits per heavy atom. The van der Waals surface area contributed by atoms with E-state index in [1.807, 2.05) is 0 Å². The van der Waals surface area contributed by atoms with Crippen molar-refractivity contribution in [2.24, 2.45) is 0 Å². The fraction of sp³-hybridized carbons (Fsp3) is 0.263. The van der Waals surface area contributed by atoms with E-state index in [1.54, 1.807) is 45.0 Å². The number of nitrogens with one attached hydrogen (secondary N) is 2. The normalized spacial score (nSPS) is 10.7. The number of carbonyl (C=O) groups is 3. The van der Waals surface area contributed by atoms with E-state index in [2.05, 4.69) is 15.6 Å². The molecule has 2 rings (SSSR count). The highest BCUT2D eigenvalue weighted by Crippen LogP contribution is 2.17. The Bertz CT molecular complexity index is 859. The van der Waals surface area contributed by atoms with Crippen molar-refractivity contribution in [3.63, 3.8) is 0 Å². The number of pyridine rings is 1. The van der Waals surface area contributed by atoms with Crippen LogP contribution in [0, 0.1) is 0 Å². The van der Waals surface area contributed by atoms with Crippen LogP contribution in [0.4, 0.5) is 16.3 Å². The lowest BCUT2D eigenvalue weighted by Crippen LogP contribution is -2.27. The van der Waals surface area contributed by atoms with Gasteiger partial charge in [-0.1, -0.05) is 0 Å². The Morgan fingerprint density at radius 3 is 2.36 bits per heavy atom. The minimum absolute atomic E-state index is 0.180. The van der Waals surface area contributed by atoms with Gasteiger partial charge < -0.3 is 19.9 Å². The zero-order chi connectivity index (χ0) is 20.7. The molecule has 2 amide bonds. The largest absolute Gasteiger partial charge is 0.482 e. The smallest absolute Gasteiger partial charge is 0.413 e. The van der Waals surface area contributed by atoms with E-state index in [9.17, 15) is 14.4 Å². The minimum atomic E-state index is -1.08. The van der Waals surface area contributed by atoms with Gasteiger partial charge in [-0.2, -0.15) is 0 Å². The van der Waals surface area contributed by atoms with Crippen molar-refractivity contribution in [2.45, 2.75) is 26.4 Å². The molecule has 0 fully saturated rings. The van der Waals surface area contributed by atoms with Gasteiger partial charge in [-0.05, 0) is 57.2 Å². The second kappa shape index (κ2) is 8.85. The van der Waals surface area contributed by atoms with Crippen LogP contribution in [-0.4, -0.2) is 40.3 Å². The molecule has 1 heterocycles. The summed E-state index contributed by atoms with van der Waals surface area (Å²) in [4.78, 5) is 38.7. The summed E-state index contributed by atoms with van der Waals surface area (Å²) in [6, 6.07) is 9.16. The summed E-state index contributed by atoms with van der Waals surface area (Å²) < 4.78 is 10.2. The number of hydrogen-bond acceptors (Lipinski definition) is 6. The summed E-state index contributed by atoms with van der Waals surface area (Å²) in [5.74, 6) is -0.938. The van der Waals surface area contributed by atoms with Gasteiger partial charge in [0.1, 0.15) is 17.2 Å². The fourth-order valence-electron chi connectivity index (χ4n) is 2.03. The number of rotatable bonds is 6. The average molecular weight is 387 g/mol. The molecule has 0 bridgehead atoms. The van der Waals surface area contributed by atoms with Crippen molar-refractivity contribution in [2.75, 3.05) is 17.2 Å². The third-order valence-corrected chi connectivity index (χ3v) is 3.13. The molecule has 0 saturated carbocycles. The van der Waals surface area contributed by atoms with Crippen LogP contribution in [0.5, 0.6) is 5.75 Å². The molecule has 0 spiro atoms. The Balaban J connectivity index is 1.99. The number of amides is 2. The molecule has 9 nitrogen and oxygen atoms in total. The monoisotopic (exact) mass is 387 g/mol. The Kier molecular flexibility index (Phi) is 6.54. The molecule has 148 valence electrons. The van der Waals surface area contributed by atoms with Crippen LogP contribution in [0.3, 0.4) is 0 Å². The number of ether oxygens (including phenoxy) is 2. The van der Waals surface area contributed by atoms with E-state index < -0.39 is 30.2 Å². The van der Waals surface area contributed by atoms with Crippen LogP contribution in [0.25, 0.3) is 0 Å². The maximum atomic E-state index is 12.4. The van der Waals surface area contributed by atoms with Gasteiger partial charge in [0.25, 0.3) is 5.91 Å². The summed E-state index contributed by atoms with van der Waals surface area (Å²) >= 11 is 0. The lowest BCUT2D eigenvalue weighted by molar-refractivity contribution is -0.139. The molecule has 2 aromatic rings. The second-order valence-corrected chi connectivity index (χ2v) is 6.72. The van der Waals surface area contributed by atoms with Crippen LogP contribution >= 0.6 is 0 Å². The van der Waals surface area contributed by atoms with E-state index in [0.717, 1.165) is 0 Å². The van der Waals surface area contributed by atoms with Gasteiger partial charge in [-0.3, -0.25) is 10.1 Å². The second-order valence-electron chi connectivity index (χ2n) is 6.72. The van der Waals surface area contributed by atoms with Gasteiger partial charge in [0.05, 0.1) is 0 Å². The lowest BCUT2D eigenvalue weighted by Gasteiger charge is -2.19. The number of benzene rings is 1. The van der Waals surface area contributed by atoms with Crippen LogP contribution in [0.2, 0.25) is 0 Å². The minimum Gasteiger partial charge on any atom is -0.482 e. The first-order chi connectivity index (χ1) is 13.1. The molecule has 0 aliphatic heterocycles. The number of carboxylic acid groups (broad SMARTS) is 1. The molecule has 28 heavy (non-hydrogen) atoms. The zero-order valence-electron chi connectivity index (χ0n) is 15.7. The first-order valence-corrected chi connectivity index (χ1v) is 8.34. The third kappa shape index (κ3) is 6.94. The number of carbonyl (C=O) groups excluding carboxylic acids is 2. The number of anilines is 2. The maximum Gasteiger partial charge on any atom is 0.413 e. The van der Waals surface area contributed by atoms with E-state index in [4.69, 9.17) is 14.6 Å². The Morgan fingerprint density at radius 2 is 1.75 bits per heavy atom. The molecule has 1 aromatic heterocycles. The third-order valence-electron chi connectivity index (χ3n) is 3.13. The average Bonchev–Trinajstić information content (AvgIpc) is 2.59. The van der Waals surface area contributed by atoms with E-state index in [-0.39, 0.29) is 11.4 Å². The SMILES string of the molecule is CC(C)(C)OC(=O)Nc1cc(C(=O)Nc2ccc(OCC(=O)O)cc2)ccn1. The number of aliphatic carboxylic acids is 1. The van der Waals surface area contributed by atoms with E-state index in [1.165, 1.54) is 18.3 Å². The molecule has 9 heteroatoms. The first kappa shape index (κ1) is 20.7. The van der Waals surface area contributed by atoms with Crippen molar-refractivity contribution < 1.29 is 29.0 Å². The predicted molar refractivity (Wildman–Crippen MR) is 102 cm³/mol. The highest BCUT2D eigenvalue weighted by Gasteiger charge is 2.17. The fourth-order valence-corrected chi connectivity index (χ4v) is 2.03. The molecule has 0 unspecified atom stereocenters. The molecular weight excluding hydrogens is 366 g/mol. The van der Waals surface area contributed by atoms with Gasteiger partial charge in [0.15, 0.2) is 6.61 Å². The van der Waals surface area contributed by atoms with Gasteiger partial charge in [-0.15, -0.1) is 0 Å². The quantitative estimate of drug-likeness (QED) is 0.695. The summed E-state index contributed by atoms with van der Waals surface area (Å²) in [5, 5.41) is 13.7. The molecular formula is C19H21N3O6. The summed E-state index contributed by atoms with van der Waals surface area (Å²) in [7, 11) is 0. The highest BCUT2D eigenvalue weighted by molar-refractivity contribution is 6.05. The van der Waals surface area contributed by atoms with Gasteiger partial charge >= 0.3 is 12.1 Å². The van der Waals surface area contributed by atoms with Gasteiger partial charge in [0.2, 0.25) is 0 Å². The first-order valence-electron chi connectivity index (χ1n) is 8.34. The van der Waals surface area contributed by atoms with Crippen molar-refractivity contribution in [1.29, 1.82) is 0 Å². The number of carboxylic acids is 1. The number of nitrogens with zero attached hydrogens (tertiary/aromatic N) is 1. The van der Waals surface area contributed by atoms with Crippen LogP contribution in [0.15, 0.2) is 42.6 Å². The van der Waals surface area contributed by atoms with Crippen molar-refractivity contribution >= 4 is 29.5 Å². The van der Waals surface area contributed by atoms with Crippen molar-refractivity contribution in [3.8, 4) is 5.75 Å². The molecule has 0 atom stereocenters. The predicted octanol–water partition coefficient (Wildman–Crippen LogP) is 3.14. The summed E-state index contributed by atoms with van der Waals surface area (Å²) in [6.07, 6.45) is 0.722. The Hall–Kier alpha value is -3.62. The van der Waals surface area contributed by atoms with Crippen molar-refractivity contribution in [3.05, 3.63) is 48.2 Å². The molecule has 0 radical (unpaired) electrons. The lowest BCUT2D eigenvalue weighted by atomic mass is 10.2. The van der Waals surface area contributed by atoms with E-state index in [0.29, 0.717) is 11.4 Å². The molecule has 0 aliphatic carbocycles. The molecule has 1 aromatic carbocycles. The standard InChI is InChI=1S/C19H21N3O6/c1-19(2,3)28-18(26)22-15-10-12(8-9-20-15)17(25)21-13-4-6-14(7-5-13)27-11-16(23)24/h4-10H,11H2,1-3H3,(H,21,25)(H,23,24)(H,20,22,26). The zero-order valence-corrected chi connectivity index (χ0v) is 15.7. The van der Waals surface area contributed by atoms with Crippen LogP contribution in [0.1, 0.15) is 31.1 Å². The van der Waals surface area contributed by atoms with Crippen LogP contribution < -0.4 is 15.4 Å². The molecule has 3 N–H and O–H groups in total. The number of aromatic nitrogens is 1. The highest BCUT2D eigenvalue weighted by atomic mass is 16.6. The van der Waals surface area contributed by atoms with Gasteiger partial charge in [0, 0.05) is 17.4 Å². The van der Waals surface area contributed by atoms with Crippen LogP contribution in [-0.2, 0) is 9.53 Å². The summed E-state index contributed by atoms with van der Waals surface area (Å²) in [6.45, 7) is 4.77.